The fourth-order valence-corrected chi connectivity index (χ4v) is 2.58. The molecular formula is C12H15N7S. The number of rotatable bonds is 5. The van der Waals surface area contributed by atoms with Gasteiger partial charge in [0.05, 0.1) is 11.9 Å². The SMILES string of the molecule is Cc1cc(NCCSc2cn[nH]n2)n2nc(C)cc2n1. The summed E-state index contributed by atoms with van der Waals surface area (Å²) in [5, 5.41) is 19.1. The van der Waals surface area contributed by atoms with Gasteiger partial charge < -0.3 is 5.32 Å². The van der Waals surface area contributed by atoms with E-state index in [-0.39, 0.29) is 0 Å². The van der Waals surface area contributed by atoms with Gasteiger partial charge in [0.25, 0.3) is 0 Å². The lowest BCUT2D eigenvalue weighted by Gasteiger charge is -2.08. The minimum absolute atomic E-state index is 0.814. The molecule has 3 rings (SSSR count). The van der Waals surface area contributed by atoms with Crippen LogP contribution in [0.15, 0.2) is 23.4 Å². The van der Waals surface area contributed by atoms with Crippen LogP contribution in [-0.4, -0.2) is 42.3 Å². The lowest BCUT2D eigenvalue weighted by molar-refractivity contribution is 0.904. The number of fused-ring (bicyclic) bond motifs is 1. The van der Waals surface area contributed by atoms with E-state index in [0.29, 0.717) is 0 Å². The van der Waals surface area contributed by atoms with E-state index in [2.05, 4.69) is 30.8 Å². The predicted octanol–water partition coefficient (Wildman–Crippen LogP) is 1.67. The summed E-state index contributed by atoms with van der Waals surface area (Å²) in [7, 11) is 0. The summed E-state index contributed by atoms with van der Waals surface area (Å²) in [5.41, 5.74) is 2.81. The maximum atomic E-state index is 4.46. The molecule has 2 N–H and O–H groups in total. The van der Waals surface area contributed by atoms with Crippen LogP contribution in [0.1, 0.15) is 11.4 Å². The van der Waals surface area contributed by atoms with Crippen LogP contribution in [0.25, 0.3) is 5.65 Å². The maximum Gasteiger partial charge on any atom is 0.157 e. The Kier molecular flexibility index (Phi) is 3.55. The van der Waals surface area contributed by atoms with Gasteiger partial charge in [-0.15, -0.1) is 16.9 Å². The zero-order valence-electron chi connectivity index (χ0n) is 11.3. The summed E-state index contributed by atoms with van der Waals surface area (Å²) in [6.45, 7) is 4.76. The summed E-state index contributed by atoms with van der Waals surface area (Å²) in [5.74, 6) is 1.86. The average molecular weight is 289 g/mol. The molecule has 3 heterocycles. The first kappa shape index (κ1) is 12.9. The highest BCUT2D eigenvalue weighted by atomic mass is 32.2. The van der Waals surface area contributed by atoms with E-state index in [1.165, 1.54) is 0 Å². The molecule has 0 bridgehead atoms. The third-order valence-electron chi connectivity index (χ3n) is 2.73. The molecule has 0 aliphatic rings. The van der Waals surface area contributed by atoms with Crippen molar-refractivity contribution in [3.8, 4) is 0 Å². The molecule has 3 aromatic heterocycles. The molecule has 0 aliphatic heterocycles. The Morgan fingerprint density at radius 2 is 2.20 bits per heavy atom. The monoisotopic (exact) mass is 289 g/mol. The van der Waals surface area contributed by atoms with Crippen molar-refractivity contribution in [2.45, 2.75) is 18.9 Å². The average Bonchev–Trinajstić information content (AvgIpc) is 3.02. The van der Waals surface area contributed by atoms with Gasteiger partial charge in [-0.3, -0.25) is 0 Å². The van der Waals surface area contributed by atoms with Crippen LogP contribution in [0.5, 0.6) is 0 Å². The number of hydrogen-bond acceptors (Lipinski definition) is 6. The van der Waals surface area contributed by atoms with Crippen LogP contribution in [0.3, 0.4) is 0 Å². The number of anilines is 1. The minimum atomic E-state index is 0.814. The number of thioether (sulfide) groups is 1. The Bertz CT molecular complexity index is 704. The lowest BCUT2D eigenvalue weighted by atomic mass is 10.4. The van der Waals surface area contributed by atoms with Crippen molar-refractivity contribution < 1.29 is 0 Å². The zero-order chi connectivity index (χ0) is 13.9. The second-order valence-electron chi connectivity index (χ2n) is 4.42. The number of H-pyrrole nitrogens is 1. The standard InChI is InChI=1S/C12H15N7S/c1-8-5-10(19-11(15-8)6-9(2)17-19)13-3-4-20-12-7-14-18-16-12/h5-7,13H,3-4H2,1-2H3,(H,14,16,18). The van der Waals surface area contributed by atoms with Crippen LogP contribution < -0.4 is 5.32 Å². The molecule has 0 radical (unpaired) electrons. The molecule has 0 aromatic carbocycles. The van der Waals surface area contributed by atoms with Gasteiger partial charge in [-0.2, -0.15) is 19.9 Å². The van der Waals surface area contributed by atoms with E-state index >= 15 is 0 Å². The van der Waals surface area contributed by atoms with E-state index in [4.69, 9.17) is 0 Å². The first-order valence-corrected chi connectivity index (χ1v) is 7.27. The molecule has 8 heteroatoms. The molecule has 0 aliphatic carbocycles. The Hall–Kier alpha value is -2.09. The first-order chi connectivity index (χ1) is 9.72. The molecule has 0 saturated heterocycles. The van der Waals surface area contributed by atoms with Gasteiger partial charge in [0.15, 0.2) is 5.65 Å². The van der Waals surface area contributed by atoms with Crippen LogP contribution in [0, 0.1) is 13.8 Å². The van der Waals surface area contributed by atoms with Gasteiger partial charge in [0.1, 0.15) is 10.8 Å². The Morgan fingerprint density at radius 1 is 1.30 bits per heavy atom. The topological polar surface area (TPSA) is 83.8 Å². The Morgan fingerprint density at radius 3 is 3.00 bits per heavy atom. The Balaban J connectivity index is 1.67. The normalized spacial score (nSPS) is 11.1. The van der Waals surface area contributed by atoms with Crippen molar-refractivity contribution in [3.05, 3.63) is 29.7 Å². The van der Waals surface area contributed by atoms with E-state index in [1.54, 1.807) is 18.0 Å². The molecule has 0 fully saturated rings. The van der Waals surface area contributed by atoms with E-state index in [1.807, 2.05) is 30.5 Å². The number of aromatic amines is 1. The van der Waals surface area contributed by atoms with E-state index in [0.717, 1.165) is 40.2 Å². The molecule has 0 atom stereocenters. The molecule has 0 unspecified atom stereocenters. The summed E-state index contributed by atoms with van der Waals surface area (Å²) >= 11 is 1.65. The number of aromatic nitrogens is 6. The quantitative estimate of drug-likeness (QED) is 0.549. The van der Waals surface area contributed by atoms with Crippen molar-refractivity contribution in [2.24, 2.45) is 0 Å². The highest BCUT2D eigenvalue weighted by molar-refractivity contribution is 7.99. The zero-order valence-corrected chi connectivity index (χ0v) is 12.1. The summed E-state index contributed by atoms with van der Waals surface area (Å²) in [4.78, 5) is 4.46. The van der Waals surface area contributed by atoms with Crippen molar-refractivity contribution in [1.29, 1.82) is 0 Å². The molecule has 104 valence electrons. The van der Waals surface area contributed by atoms with Crippen molar-refractivity contribution in [1.82, 2.24) is 30.0 Å². The van der Waals surface area contributed by atoms with Crippen LogP contribution >= 0.6 is 11.8 Å². The third-order valence-corrected chi connectivity index (χ3v) is 3.63. The lowest BCUT2D eigenvalue weighted by Crippen LogP contribution is -2.09. The number of hydrogen-bond donors (Lipinski definition) is 2. The largest absolute Gasteiger partial charge is 0.369 e. The molecule has 0 saturated carbocycles. The minimum Gasteiger partial charge on any atom is -0.369 e. The summed E-state index contributed by atoms with van der Waals surface area (Å²) in [6.07, 6.45) is 1.72. The fourth-order valence-electron chi connectivity index (χ4n) is 1.94. The van der Waals surface area contributed by atoms with Gasteiger partial charge in [0, 0.05) is 30.1 Å². The van der Waals surface area contributed by atoms with Gasteiger partial charge >= 0.3 is 0 Å². The Labute approximate surface area is 120 Å². The summed E-state index contributed by atoms with van der Waals surface area (Å²) < 4.78 is 1.84. The smallest absolute Gasteiger partial charge is 0.157 e. The highest BCUT2D eigenvalue weighted by Crippen LogP contribution is 2.15. The van der Waals surface area contributed by atoms with Crippen LogP contribution in [-0.2, 0) is 0 Å². The molecule has 0 spiro atoms. The molecule has 3 aromatic rings. The number of aryl methyl sites for hydroxylation is 2. The fraction of sp³-hybridized carbons (Fsp3) is 0.333. The maximum absolute atomic E-state index is 4.46. The van der Waals surface area contributed by atoms with E-state index in [9.17, 15) is 0 Å². The molecule has 20 heavy (non-hydrogen) atoms. The second kappa shape index (κ2) is 5.49. The first-order valence-electron chi connectivity index (χ1n) is 6.29. The predicted molar refractivity (Wildman–Crippen MR) is 78.1 cm³/mol. The van der Waals surface area contributed by atoms with Gasteiger partial charge in [0.2, 0.25) is 0 Å². The third kappa shape index (κ3) is 2.74. The van der Waals surface area contributed by atoms with E-state index < -0.39 is 0 Å². The summed E-state index contributed by atoms with van der Waals surface area (Å²) in [6, 6.07) is 3.97. The van der Waals surface area contributed by atoms with Gasteiger partial charge in [-0.1, -0.05) is 0 Å². The van der Waals surface area contributed by atoms with Crippen molar-refractivity contribution in [3.63, 3.8) is 0 Å². The van der Waals surface area contributed by atoms with Crippen LogP contribution in [0.2, 0.25) is 0 Å². The molecule has 0 amide bonds. The highest BCUT2D eigenvalue weighted by Gasteiger charge is 2.06. The molecular weight excluding hydrogens is 274 g/mol. The molecule has 7 nitrogen and oxygen atoms in total. The van der Waals surface area contributed by atoms with Crippen molar-refractivity contribution in [2.75, 3.05) is 17.6 Å². The van der Waals surface area contributed by atoms with Crippen molar-refractivity contribution >= 4 is 23.2 Å². The second-order valence-corrected chi connectivity index (χ2v) is 5.54. The number of nitrogens with one attached hydrogen (secondary N) is 2. The van der Waals surface area contributed by atoms with Gasteiger partial charge in [-0.25, -0.2) is 4.98 Å². The van der Waals surface area contributed by atoms with Gasteiger partial charge in [-0.05, 0) is 13.8 Å². The van der Waals surface area contributed by atoms with Crippen LogP contribution in [0.4, 0.5) is 5.82 Å². The number of nitrogens with zero attached hydrogens (tertiary/aromatic N) is 5.